The second-order valence-corrected chi connectivity index (χ2v) is 5.87. The lowest BCUT2D eigenvalue weighted by Crippen LogP contribution is -2.33. The number of esters is 1. The molecule has 0 bridgehead atoms. The standard InChI is InChI=1S/C18H24F3NO3/c1-3-4-5-6-7-12-25-16(23)13-22(2)17(24)14-8-10-15(11-9-14)18(19,20)21/h8-11H,3-7,12-13H2,1-2H3. The molecule has 0 aliphatic carbocycles. The Hall–Kier alpha value is -2.05. The average molecular weight is 359 g/mol. The van der Waals surface area contributed by atoms with E-state index in [9.17, 15) is 22.8 Å². The normalized spacial score (nSPS) is 11.2. The molecule has 1 aromatic carbocycles. The number of carbonyl (C=O) groups is 2. The van der Waals surface area contributed by atoms with Crippen LogP contribution < -0.4 is 0 Å². The molecular formula is C18H24F3NO3. The molecule has 1 rings (SSSR count). The third-order valence-electron chi connectivity index (χ3n) is 3.68. The molecule has 4 nitrogen and oxygen atoms in total. The molecule has 0 aliphatic heterocycles. The number of likely N-dealkylation sites (N-methyl/N-ethyl adjacent to an activating group) is 1. The van der Waals surface area contributed by atoms with Gasteiger partial charge in [0.15, 0.2) is 0 Å². The van der Waals surface area contributed by atoms with E-state index in [1.54, 1.807) is 0 Å². The molecule has 0 unspecified atom stereocenters. The van der Waals surface area contributed by atoms with Crippen molar-refractivity contribution in [3.63, 3.8) is 0 Å². The molecule has 0 N–H and O–H groups in total. The molecule has 1 aromatic rings. The number of hydrogen-bond acceptors (Lipinski definition) is 3. The van der Waals surface area contributed by atoms with E-state index in [4.69, 9.17) is 4.74 Å². The molecule has 0 spiro atoms. The molecule has 0 radical (unpaired) electrons. The van der Waals surface area contributed by atoms with Gasteiger partial charge in [0.05, 0.1) is 12.2 Å². The maximum absolute atomic E-state index is 12.5. The predicted octanol–water partition coefficient (Wildman–Crippen LogP) is 4.29. The van der Waals surface area contributed by atoms with Crippen LogP contribution in [0.25, 0.3) is 0 Å². The van der Waals surface area contributed by atoms with Crippen LogP contribution in [0.4, 0.5) is 13.2 Å². The SMILES string of the molecule is CCCCCCCOC(=O)CN(C)C(=O)c1ccc(C(F)(F)F)cc1. The van der Waals surface area contributed by atoms with Gasteiger partial charge < -0.3 is 9.64 Å². The van der Waals surface area contributed by atoms with Gasteiger partial charge in [0, 0.05) is 12.6 Å². The fourth-order valence-electron chi connectivity index (χ4n) is 2.22. The van der Waals surface area contributed by atoms with Crippen molar-refractivity contribution in [3.8, 4) is 0 Å². The summed E-state index contributed by atoms with van der Waals surface area (Å²) < 4.78 is 42.6. The summed E-state index contributed by atoms with van der Waals surface area (Å²) in [6, 6.07) is 3.88. The predicted molar refractivity (Wildman–Crippen MR) is 88.1 cm³/mol. The van der Waals surface area contributed by atoms with E-state index in [1.165, 1.54) is 7.05 Å². The maximum atomic E-state index is 12.5. The lowest BCUT2D eigenvalue weighted by atomic mass is 10.1. The number of ether oxygens (including phenoxy) is 1. The van der Waals surface area contributed by atoms with Crippen LogP contribution in [-0.2, 0) is 15.7 Å². The van der Waals surface area contributed by atoms with Crippen molar-refractivity contribution in [2.45, 2.75) is 45.2 Å². The highest BCUT2D eigenvalue weighted by molar-refractivity contribution is 5.95. The van der Waals surface area contributed by atoms with E-state index in [0.29, 0.717) is 6.61 Å². The number of hydrogen-bond donors (Lipinski definition) is 0. The number of nitrogens with zero attached hydrogens (tertiary/aromatic N) is 1. The quantitative estimate of drug-likeness (QED) is 0.488. The zero-order valence-electron chi connectivity index (χ0n) is 14.6. The summed E-state index contributed by atoms with van der Waals surface area (Å²) in [6.07, 6.45) is 0.702. The summed E-state index contributed by atoms with van der Waals surface area (Å²) in [7, 11) is 1.41. The Bertz CT molecular complexity index is 556. The molecule has 0 atom stereocenters. The van der Waals surface area contributed by atoms with Gasteiger partial charge in [-0.3, -0.25) is 9.59 Å². The first-order chi connectivity index (χ1) is 11.8. The third kappa shape index (κ3) is 7.58. The number of benzene rings is 1. The number of amides is 1. The fourth-order valence-corrected chi connectivity index (χ4v) is 2.22. The van der Waals surface area contributed by atoms with E-state index in [0.717, 1.165) is 61.3 Å². The van der Waals surface area contributed by atoms with Crippen LogP contribution in [0.1, 0.15) is 54.9 Å². The first-order valence-electron chi connectivity index (χ1n) is 8.34. The molecule has 0 heterocycles. The van der Waals surface area contributed by atoms with Gasteiger partial charge in [0.25, 0.3) is 5.91 Å². The highest BCUT2D eigenvalue weighted by Gasteiger charge is 2.30. The first-order valence-corrected chi connectivity index (χ1v) is 8.34. The number of carbonyl (C=O) groups excluding carboxylic acids is 2. The Morgan fingerprint density at radius 2 is 1.64 bits per heavy atom. The van der Waals surface area contributed by atoms with E-state index in [1.807, 2.05) is 0 Å². The largest absolute Gasteiger partial charge is 0.464 e. The number of halogens is 3. The van der Waals surface area contributed by atoms with E-state index in [2.05, 4.69) is 6.92 Å². The number of unbranched alkanes of at least 4 members (excludes halogenated alkanes) is 4. The minimum absolute atomic E-state index is 0.0860. The van der Waals surface area contributed by atoms with Gasteiger partial charge in [-0.15, -0.1) is 0 Å². The van der Waals surface area contributed by atoms with Crippen LogP contribution >= 0.6 is 0 Å². The molecule has 140 valence electrons. The van der Waals surface area contributed by atoms with E-state index < -0.39 is 23.6 Å². The van der Waals surface area contributed by atoms with Crippen LogP contribution in [0.15, 0.2) is 24.3 Å². The van der Waals surface area contributed by atoms with Crippen molar-refractivity contribution in [2.24, 2.45) is 0 Å². The third-order valence-corrected chi connectivity index (χ3v) is 3.68. The summed E-state index contributed by atoms with van der Waals surface area (Å²) in [5, 5.41) is 0. The lowest BCUT2D eigenvalue weighted by Gasteiger charge is -2.17. The monoisotopic (exact) mass is 359 g/mol. The van der Waals surface area contributed by atoms with Crippen LogP contribution in [-0.4, -0.2) is 37.0 Å². The van der Waals surface area contributed by atoms with Crippen LogP contribution in [0, 0.1) is 0 Å². The molecule has 0 saturated heterocycles. The van der Waals surface area contributed by atoms with Gasteiger partial charge in [-0.2, -0.15) is 13.2 Å². The topological polar surface area (TPSA) is 46.6 Å². The van der Waals surface area contributed by atoms with Crippen LogP contribution in [0.3, 0.4) is 0 Å². The number of rotatable bonds is 9. The first kappa shape index (κ1) is 21.0. The van der Waals surface area contributed by atoms with Gasteiger partial charge in [-0.1, -0.05) is 32.6 Å². The van der Waals surface area contributed by atoms with Gasteiger partial charge in [-0.25, -0.2) is 0 Å². The molecule has 0 aromatic heterocycles. The fraction of sp³-hybridized carbons (Fsp3) is 0.556. The van der Waals surface area contributed by atoms with Crippen LogP contribution in [0.5, 0.6) is 0 Å². The molecular weight excluding hydrogens is 335 g/mol. The minimum Gasteiger partial charge on any atom is -0.464 e. The van der Waals surface area contributed by atoms with Crippen molar-refractivity contribution in [3.05, 3.63) is 35.4 Å². The second-order valence-electron chi connectivity index (χ2n) is 5.87. The average Bonchev–Trinajstić information content (AvgIpc) is 2.56. The van der Waals surface area contributed by atoms with Crippen LogP contribution in [0.2, 0.25) is 0 Å². The summed E-state index contributed by atoms with van der Waals surface area (Å²) in [5.74, 6) is -1.06. The Kier molecular flexibility index (Phi) is 8.45. The Balaban J connectivity index is 2.42. The van der Waals surface area contributed by atoms with Gasteiger partial charge in [-0.05, 0) is 30.7 Å². The molecule has 0 fully saturated rings. The summed E-state index contributed by atoms with van der Waals surface area (Å²) >= 11 is 0. The summed E-state index contributed by atoms with van der Waals surface area (Å²) in [4.78, 5) is 25.0. The molecule has 25 heavy (non-hydrogen) atoms. The van der Waals surface area contributed by atoms with E-state index in [-0.39, 0.29) is 12.1 Å². The Morgan fingerprint density at radius 1 is 1.04 bits per heavy atom. The van der Waals surface area contributed by atoms with E-state index >= 15 is 0 Å². The highest BCUT2D eigenvalue weighted by Crippen LogP contribution is 2.29. The highest BCUT2D eigenvalue weighted by atomic mass is 19.4. The Morgan fingerprint density at radius 3 is 2.20 bits per heavy atom. The number of alkyl halides is 3. The van der Waals surface area contributed by atoms with Crippen molar-refractivity contribution in [1.29, 1.82) is 0 Å². The Labute approximate surface area is 146 Å². The molecule has 7 heteroatoms. The van der Waals surface area contributed by atoms with Gasteiger partial charge in [0.2, 0.25) is 0 Å². The zero-order valence-corrected chi connectivity index (χ0v) is 14.6. The summed E-state index contributed by atoms with van der Waals surface area (Å²) in [6.45, 7) is 2.18. The second kappa shape index (κ2) is 10.1. The van der Waals surface area contributed by atoms with Gasteiger partial charge in [0.1, 0.15) is 6.54 Å². The maximum Gasteiger partial charge on any atom is 0.416 e. The van der Waals surface area contributed by atoms with Gasteiger partial charge >= 0.3 is 12.1 Å². The lowest BCUT2D eigenvalue weighted by molar-refractivity contribution is -0.144. The van der Waals surface area contributed by atoms with Crippen molar-refractivity contribution >= 4 is 11.9 Å². The minimum atomic E-state index is -4.45. The summed E-state index contributed by atoms with van der Waals surface area (Å²) in [5.41, 5.74) is -0.739. The zero-order chi connectivity index (χ0) is 18.9. The molecule has 1 amide bonds. The smallest absolute Gasteiger partial charge is 0.416 e. The molecule has 0 saturated carbocycles. The van der Waals surface area contributed by atoms with Crippen molar-refractivity contribution < 1.29 is 27.5 Å². The van der Waals surface area contributed by atoms with Crippen molar-refractivity contribution in [2.75, 3.05) is 20.2 Å². The molecule has 0 aliphatic rings. The van der Waals surface area contributed by atoms with Crippen molar-refractivity contribution in [1.82, 2.24) is 4.90 Å².